The molecule has 160 valence electrons. The molecule has 2 N–H and O–H groups in total. The lowest BCUT2D eigenvalue weighted by Crippen LogP contribution is -2.44. The van der Waals surface area contributed by atoms with Gasteiger partial charge in [-0.25, -0.2) is 0 Å². The lowest BCUT2D eigenvalue weighted by atomic mass is 10.0. The summed E-state index contributed by atoms with van der Waals surface area (Å²) in [6, 6.07) is 25.1. The van der Waals surface area contributed by atoms with Gasteiger partial charge in [0.2, 0.25) is 11.8 Å². The Labute approximate surface area is 187 Å². The molecule has 0 saturated carbocycles. The van der Waals surface area contributed by atoms with E-state index in [4.69, 9.17) is 16.7 Å². The van der Waals surface area contributed by atoms with Gasteiger partial charge in [0.15, 0.2) is 0 Å². The first kappa shape index (κ1) is 22.5. The van der Waals surface area contributed by atoms with Gasteiger partial charge in [-0.15, -0.1) is 0 Å². The maximum absolute atomic E-state index is 13.5. The number of benzene rings is 3. The van der Waals surface area contributed by atoms with Crippen LogP contribution in [0, 0.1) is 0 Å². The summed E-state index contributed by atoms with van der Waals surface area (Å²) in [7, 11) is 0. The Bertz CT molecular complexity index is 979. The van der Waals surface area contributed by atoms with E-state index < -0.39 is 6.04 Å². The Morgan fingerprint density at radius 2 is 1.48 bits per heavy atom. The number of rotatable bonds is 9. The molecule has 0 fully saturated rings. The van der Waals surface area contributed by atoms with Gasteiger partial charge in [0.05, 0.1) is 13.0 Å². The van der Waals surface area contributed by atoms with E-state index in [1.54, 1.807) is 17.0 Å². The van der Waals surface area contributed by atoms with Gasteiger partial charge in [-0.1, -0.05) is 84.4 Å². The molecule has 0 aromatic heterocycles. The fourth-order valence-electron chi connectivity index (χ4n) is 3.37. The van der Waals surface area contributed by atoms with Gasteiger partial charge in [-0.3, -0.25) is 9.59 Å². The van der Waals surface area contributed by atoms with Crippen molar-refractivity contribution >= 4 is 23.4 Å². The van der Waals surface area contributed by atoms with Crippen molar-refractivity contribution in [1.82, 2.24) is 10.2 Å². The van der Waals surface area contributed by atoms with Crippen molar-refractivity contribution in [3.63, 3.8) is 0 Å². The third-order valence-electron chi connectivity index (χ3n) is 4.87. The fourth-order valence-corrected chi connectivity index (χ4v) is 3.49. The maximum Gasteiger partial charge on any atom is 0.247 e. The Kier molecular flexibility index (Phi) is 8.21. The number of carbonyl (C=O) groups excluding carboxylic acids is 2. The minimum Gasteiger partial charge on any atom is -0.395 e. The topological polar surface area (TPSA) is 69.6 Å². The van der Waals surface area contributed by atoms with Crippen molar-refractivity contribution in [1.29, 1.82) is 0 Å². The van der Waals surface area contributed by atoms with E-state index in [0.29, 0.717) is 10.6 Å². The van der Waals surface area contributed by atoms with E-state index in [1.807, 2.05) is 72.8 Å². The van der Waals surface area contributed by atoms with E-state index in [9.17, 15) is 9.59 Å². The molecule has 0 saturated heterocycles. The van der Waals surface area contributed by atoms with Gasteiger partial charge in [0.25, 0.3) is 0 Å². The molecular formula is C25H25ClN2O3. The van der Waals surface area contributed by atoms with Crippen molar-refractivity contribution in [2.45, 2.75) is 19.0 Å². The van der Waals surface area contributed by atoms with Gasteiger partial charge >= 0.3 is 0 Å². The lowest BCUT2D eigenvalue weighted by molar-refractivity contribution is -0.141. The fraction of sp³-hybridized carbons (Fsp3) is 0.200. The van der Waals surface area contributed by atoms with E-state index in [2.05, 4.69) is 5.32 Å². The zero-order chi connectivity index (χ0) is 22.1. The van der Waals surface area contributed by atoms with Gasteiger partial charge < -0.3 is 15.3 Å². The second kappa shape index (κ2) is 11.3. The van der Waals surface area contributed by atoms with Crippen molar-refractivity contribution in [3.8, 4) is 0 Å². The standard InChI is InChI=1S/C25H25ClN2O3/c26-22-13-11-19(12-14-22)17-23(30)28(18-20-7-3-1-4-8-20)24(25(31)27-15-16-29)21-9-5-2-6-10-21/h1-14,24,29H,15-18H2,(H,27,31). The molecule has 1 atom stereocenters. The summed E-state index contributed by atoms with van der Waals surface area (Å²) in [6.45, 7) is 0.219. The van der Waals surface area contributed by atoms with E-state index in [-0.39, 0.29) is 37.9 Å². The first-order valence-electron chi connectivity index (χ1n) is 10.1. The molecule has 6 heteroatoms. The van der Waals surface area contributed by atoms with Crippen LogP contribution in [0.15, 0.2) is 84.9 Å². The highest BCUT2D eigenvalue weighted by atomic mass is 35.5. The molecule has 1 unspecified atom stereocenters. The Balaban J connectivity index is 1.96. The third kappa shape index (κ3) is 6.41. The van der Waals surface area contributed by atoms with Crippen LogP contribution < -0.4 is 5.32 Å². The first-order chi connectivity index (χ1) is 15.1. The first-order valence-corrected chi connectivity index (χ1v) is 10.5. The summed E-state index contributed by atoms with van der Waals surface area (Å²) < 4.78 is 0. The summed E-state index contributed by atoms with van der Waals surface area (Å²) in [4.78, 5) is 28.1. The summed E-state index contributed by atoms with van der Waals surface area (Å²) in [5.41, 5.74) is 2.44. The van der Waals surface area contributed by atoms with E-state index in [1.165, 1.54) is 0 Å². The monoisotopic (exact) mass is 436 g/mol. The van der Waals surface area contributed by atoms with Crippen LogP contribution in [0.3, 0.4) is 0 Å². The Hall–Kier alpha value is -3.15. The molecule has 2 amide bonds. The summed E-state index contributed by atoms with van der Waals surface area (Å²) in [6.07, 6.45) is 0.140. The van der Waals surface area contributed by atoms with Crippen molar-refractivity contribution in [2.24, 2.45) is 0 Å². The predicted octanol–water partition coefficient (Wildman–Crippen LogP) is 3.76. The highest BCUT2D eigenvalue weighted by molar-refractivity contribution is 6.30. The second-order valence-electron chi connectivity index (χ2n) is 7.14. The molecule has 0 radical (unpaired) electrons. The number of halogens is 1. The quantitative estimate of drug-likeness (QED) is 0.536. The molecule has 3 aromatic carbocycles. The minimum absolute atomic E-state index is 0.118. The van der Waals surface area contributed by atoms with Crippen LogP contribution in [0.1, 0.15) is 22.7 Å². The van der Waals surface area contributed by atoms with Gasteiger partial charge in [0.1, 0.15) is 6.04 Å². The number of aliphatic hydroxyl groups excluding tert-OH is 1. The average molecular weight is 437 g/mol. The highest BCUT2D eigenvalue weighted by Gasteiger charge is 2.31. The molecule has 31 heavy (non-hydrogen) atoms. The Morgan fingerprint density at radius 3 is 2.10 bits per heavy atom. The lowest BCUT2D eigenvalue weighted by Gasteiger charge is -2.31. The number of amides is 2. The van der Waals surface area contributed by atoms with Crippen molar-refractivity contribution < 1.29 is 14.7 Å². The number of carbonyl (C=O) groups is 2. The van der Waals surface area contributed by atoms with Crippen LogP contribution in [0.5, 0.6) is 0 Å². The predicted molar refractivity (Wildman–Crippen MR) is 121 cm³/mol. The van der Waals surface area contributed by atoms with Crippen molar-refractivity contribution in [3.05, 3.63) is 107 Å². The van der Waals surface area contributed by atoms with Gasteiger partial charge in [-0.05, 0) is 28.8 Å². The molecule has 0 aliphatic rings. The average Bonchev–Trinajstić information content (AvgIpc) is 2.80. The normalized spacial score (nSPS) is 11.5. The largest absolute Gasteiger partial charge is 0.395 e. The second-order valence-corrected chi connectivity index (χ2v) is 7.57. The molecule has 5 nitrogen and oxygen atoms in total. The van der Waals surface area contributed by atoms with Crippen LogP contribution in [-0.4, -0.2) is 35.0 Å². The van der Waals surface area contributed by atoms with E-state index in [0.717, 1.165) is 11.1 Å². The molecule has 0 bridgehead atoms. The minimum atomic E-state index is -0.826. The smallest absolute Gasteiger partial charge is 0.247 e. The van der Waals surface area contributed by atoms with Gasteiger partial charge in [-0.2, -0.15) is 0 Å². The molecule has 3 aromatic rings. The van der Waals surface area contributed by atoms with Crippen LogP contribution in [-0.2, 0) is 22.6 Å². The van der Waals surface area contributed by atoms with Crippen molar-refractivity contribution in [2.75, 3.05) is 13.2 Å². The highest BCUT2D eigenvalue weighted by Crippen LogP contribution is 2.25. The summed E-state index contributed by atoms with van der Waals surface area (Å²) in [5.74, 6) is -0.514. The third-order valence-corrected chi connectivity index (χ3v) is 5.12. The molecule has 0 spiro atoms. The zero-order valence-corrected chi connectivity index (χ0v) is 17.8. The molecule has 0 aliphatic carbocycles. The van der Waals surface area contributed by atoms with E-state index >= 15 is 0 Å². The number of hydrogen-bond acceptors (Lipinski definition) is 3. The van der Waals surface area contributed by atoms with Crippen LogP contribution in [0.25, 0.3) is 0 Å². The summed E-state index contributed by atoms with van der Waals surface area (Å²) >= 11 is 5.97. The summed E-state index contributed by atoms with van der Waals surface area (Å²) in [5, 5.41) is 12.5. The van der Waals surface area contributed by atoms with Crippen LogP contribution in [0.2, 0.25) is 5.02 Å². The molecular weight excluding hydrogens is 412 g/mol. The van der Waals surface area contributed by atoms with Gasteiger partial charge in [0, 0.05) is 18.1 Å². The maximum atomic E-state index is 13.5. The Morgan fingerprint density at radius 1 is 0.871 bits per heavy atom. The molecule has 0 aliphatic heterocycles. The number of hydrogen-bond donors (Lipinski definition) is 2. The van der Waals surface area contributed by atoms with Crippen LogP contribution in [0.4, 0.5) is 0 Å². The number of nitrogens with zero attached hydrogens (tertiary/aromatic N) is 1. The molecule has 0 heterocycles. The van der Waals surface area contributed by atoms with Crippen LogP contribution >= 0.6 is 11.6 Å². The number of aliphatic hydroxyl groups is 1. The number of nitrogens with one attached hydrogen (secondary N) is 1. The molecule has 3 rings (SSSR count). The zero-order valence-electron chi connectivity index (χ0n) is 17.1. The SMILES string of the molecule is O=C(NCCO)C(c1ccccc1)N(Cc1ccccc1)C(=O)Cc1ccc(Cl)cc1.